The number of amidine groups is 1. The molecule has 0 saturated carbocycles. The monoisotopic (exact) mass is 309 g/mol. The molecule has 1 aromatic rings. The zero-order valence-corrected chi connectivity index (χ0v) is 13.6. The van der Waals surface area contributed by atoms with Gasteiger partial charge in [-0.25, -0.2) is 0 Å². The molecule has 21 heavy (non-hydrogen) atoms. The lowest BCUT2D eigenvalue weighted by molar-refractivity contribution is 0.262. The van der Waals surface area contributed by atoms with Crippen LogP contribution in [0.25, 0.3) is 0 Å². The molecule has 1 aliphatic rings. The summed E-state index contributed by atoms with van der Waals surface area (Å²) in [6.45, 7) is 7.63. The average Bonchev–Trinajstić information content (AvgIpc) is 2.45. The van der Waals surface area contributed by atoms with E-state index >= 15 is 0 Å². The van der Waals surface area contributed by atoms with Crippen molar-refractivity contribution in [3.05, 3.63) is 29.3 Å². The molecule has 6 heteroatoms. The van der Waals surface area contributed by atoms with Gasteiger partial charge in [0, 0.05) is 30.1 Å². The van der Waals surface area contributed by atoms with Crippen LogP contribution < -0.4 is 10.5 Å². The lowest BCUT2D eigenvalue weighted by atomic mass is 10.1. The van der Waals surface area contributed by atoms with E-state index in [-0.39, 0.29) is 5.84 Å². The molecule has 2 rings (SSSR count). The number of rotatable bonds is 4. The maximum Gasteiger partial charge on any atom is 0.173 e. The van der Waals surface area contributed by atoms with E-state index in [1.165, 1.54) is 5.56 Å². The Kier molecular flexibility index (Phi) is 5.36. The molecular weight excluding hydrogens is 286 g/mol. The van der Waals surface area contributed by atoms with Gasteiger partial charge in [-0.3, -0.25) is 4.90 Å². The number of hydrogen-bond acceptors (Lipinski definition) is 5. The topological polar surface area (TPSA) is 71.1 Å². The largest absolute Gasteiger partial charge is 0.496 e. The minimum atomic E-state index is 0.0648. The third-order valence-corrected chi connectivity index (χ3v) is 4.78. The fourth-order valence-corrected chi connectivity index (χ4v) is 4.16. The molecule has 0 radical (unpaired) electrons. The van der Waals surface area contributed by atoms with Crippen LogP contribution in [0.4, 0.5) is 0 Å². The van der Waals surface area contributed by atoms with Crippen molar-refractivity contribution in [3.63, 3.8) is 0 Å². The Morgan fingerprint density at radius 2 is 2.10 bits per heavy atom. The number of thioether (sulfide) groups is 1. The van der Waals surface area contributed by atoms with Crippen LogP contribution in [0.15, 0.2) is 23.4 Å². The number of ether oxygens (including phenoxy) is 1. The first-order valence-corrected chi connectivity index (χ1v) is 8.00. The van der Waals surface area contributed by atoms with E-state index in [0.29, 0.717) is 21.8 Å². The number of nitrogens with zero attached hydrogens (tertiary/aromatic N) is 2. The fourth-order valence-electron chi connectivity index (χ4n) is 2.77. The number of hydrogen-bond donors (Lipinski definition) is 2. The molecule has 1 aromatic carbocycles. The van der Waals surface area contributed by atoms with E-state index in [2.05, 4.69) is 23.9 Å². The summed E-state index contributed by atoms with van der Waals surface area (Å²) >= 11 is 2.05. The summed E-state index contributed by atoms with van der Waals surface area (Å²) in [5.41, 5.74) is 7.43. The molecule has 0 bridgehead atoms. The minimum absolute atomic E-state index is 0.0648. The fraction of sp³-hybridized carbons (Fsp3) is 0.533. The van der Waals surface area contributed by atoms with E-state index in [0.717, 1.165) is 19.6 Å². The van der Waals surface area contributed by atoms with Crippen LogP contribution in [-0.4, -0.2) is 46.6 Å². The van der Waals surface area contributed by atoms with Gasteiger partial charge in [-0.05, 0) is 17.7 Å². The van der Waals surface area contributed by atoms with E-state index in [1.807, 2.05) is 30.0 Å². The van der Waals surface area contributed by atoms with Crippen molar-refractivity contribution in [3.8, 4) is 5.75 Å². The zero-order chi connectivity index (χ0) is 15.4. The molecule has 2 unspecified atom stereocenters. The maximum atomic E-state index is 8.79. The summed E-state index contributed by atoms with van der Waals surface area (Å²) in [6, 6.07) is 5.81. The normalized spacial score (nSPS) is 24.0. The van der Waals surface area contributed by atoms with Crippen molar-refractivity contribution in [2.45, 2.75) is 30.9 Å². The van der Waals surface area contributed by atoms with Crippen LogP contribution in [0.2, 0.25) is 0 Å². The summed E-state index contributed by atoms with van der Waals surface area (Å²) in [6.07, 6.45) is 0. The van der Waals surface area contributed by atoms with Gasteiger partial charge in [0.2, 0.25) is 0 Å². The second kappa shape index (κ2) is 7.04. The SMILES string of the molecule is COc1cc(CN2CC(C)SC(C)C2)ccc1/C(N)=N/O. The third-order valence-electron chi connectivity index (χ3n) is 3.55. The summed E-state index contributed by atoms with van der Waals surface area (Å²) in [5.74, 6) is 0.699. The molecule has 5 nitrogen and oxygen atoms in total. The highest BCUT2D eigenvalue weighted by Crippen LogP contribution is 2.27. The van der Waals surface area contributed by atoms with E-state index in [1.54, 1.807) is 7.11 Å². The smallest absolute Gasteiger partial charge is 0.173 e. The molecule has 1 saturated heterocycles. The van der Waals surface area contributed by atoms with E-state index < -0.39 is 0 Å². The standard InChI is InChI=1S/C15H23N3O2S/c1-10-7-18(8-11(2)21-10)9-12-4-5-13(15(16)17-19)14(6-12)20-3/h4-6,10-11,19H,7-9H2,1-3H3,(H2,16,17). The first-order valence-electron chi connectivity index (χ1n) is 7.06. The van der Waals surface area contributed by atoms with Gasteiger partial charge in [0.05, 0.1) is 12.7 Å². The molecule has 0 spiro atoms. The van der Waals surface area contributed by atoms with Gasteiger partial charge in [0.25, 0.3) is 0 Å². The molecule has 0 aliphatic carbocycles. The maximum absolute atomic E-state index is 8.79. The van der Waals surface area contributed by atoms with Gasteiger partial charge >= 0.3 is 0 Å². The van der Waals surface area contributed by atoms with Gasteiger partial charge in [-0.1, -0.05) is 25.1 Å². The second-order valence-electron chi connectivity index (χ2n) is 5.47. The van der Waals surface area contributed by atoms with Crippen molar-refractivity contribution in [1.29, 1.82) is 0 Å². The Morgan fingerprint density at radius 3 is 2.67 bits per heavy atom. The van der Waals surface area contributed by atoms with Crippen LogP contribution >= 0.6 is 11.8 Å². The Hall–Kier alpha value is -1.40. The van der Waals surface area contributed by atoms with E-state index in [9.17, 15) is 0 Å². The third kappa shape index (κ3) is 4.04. The van der Waals surface area contributed by atoms with Crippen LogP contribution in [0.1, 0.15) is 25.0 Å². The Balaban J connectivity index is 2.14. The first kappa shape index (κ1) is 16.0. The van der Waals surface area contributed by atoms with Crippen LogP contribution in [0.5, 0.6) is 5.75 Å². The van der Waals surface area contributed by atoms with Gasteiger partial charge in [0.15, 0.2) is 5.84 Å². The summed E-state index contributed by atoms with van der Waals surface area (Å²) in [4.78, 5) is 2.46. The highest BCUT2D eigenvalue weighted by Gasteiger charge is 2.22. The molecule has 1 aliphatic heterocycles. The molecule has 3 N–H and O–H groups in total. The van der Waals surface area contributed by atoms with Crippen LogP contribution in [-0.2, 0) is 6.54 Å². The molecule has 116 valence electrons. The lowest BCUT2D eigenvalue weighted by Gasteiger charge is -2.34. The average molecular weight is 309 g/mol. The van der Waals surface area contributed by atoms with Crippen LogP contribution in [0.3, 0.4) is 0 Å². The second-order valence-corrected chi connectivity index (χ2v) is 7.35. The van der Waals surface area contributed by atoms with Crippen molar-refractivity contribution in [2.75, 3.05) is 20.2 Å². The molecule has 0 aromatic heterocycles. The van der Waals surface area contributed by atoms with E-state index in [4.69, 9.17) is 15.7 Å². The molecule has 1 fully saturated rings. The highest BCUT2D eigenvalue weighted by molar-refractivity contribution is 8.00. The minimum Gasteiger partial charge on any atom is -0.496 e. The van der Waals surface area contributed by atoms with Gasteiger partial charge in [-0.2, -0.15) is 11.8 Å². The quantitative estimate of drug-likeness (QED) is 0.386. The summed E-state index contributed by atoms with van der Waals surface area (Å²) in [7, 11) is 1.59. The predicted octanol–water partition coefficient (Wildman–Crippen LogP) is 2.12. The first-order chi connectivity index (χ1) is 10.0. The van der Waals surface area contributed by atoms with Crippen molar-refractivity contribution in [1.82, 2.24) is 4.90 Å². The van der Waals surface area contributed by atoms with Gasteiger partial charge in [-0.15, -0.1) is 0 Å². The predicted molar refractivity (Wildman–Crippen MR) is 87.3 cm³/mol. The van der Waals surface area contributed by atoms with Gasteiger partial charge < -0.3 is 15.7 Å². The molecule has 1 heterocycles. The van der Waals surface area contributed by atoms with Crippen molar-refractivity contribution in [2.24, 2.45) is 10.9 Å². The molecule has 2 atom stereocenters. The van der Waals surface area contributed by atoms with Crippen LogP contribution in [0, 0.1) is 0 Å². The van der Waals surface area contributed by atoms with Crippen molar-refractivity contribution < 1.29 is 9.94 Å². The Bertz CT molecular complexity index is 512. The summed E-state index contributed by atoms with van der Waals surface area (Å²) in [5, 5.41) is 13.1. The van der Waals surface area contributed by atoms with Crippen molar-refractivity contribution >= 4 is 17.6 Å². The number of benzene rings is 1. The lowest BCUT2D eigenvalue weighted by Crippen LogP contribution is -2.39. The Morgan fingerprint density at radius 1 is 1.43 bits per heavy atom. The van der Waals surface area contributed by atoms with Gasteiger partial charge in [0.1, 0.15) is 5.75 Å². The summed E-state index contributed by atoms with van der Waals surface area (Å²) < 4.78 is 5.35. The zero-order valence-electron chi connectivity index (χ0n) is 12.7. The highest BCUT2D eigenvalue weighted by atomic mass is 32.2. The number of oxime groups is 1. The number of methoxy groups -OCH3 is 1. The number of nitrogens with two attached hydrogens (primary N) is 1. The molecular formula is C15H23N3O2S. The molecule has 0 amide bonds. The Labute approximate surface area is 130 Å².